The van der Waals surface area contributed by atoms with Crippen molar-refractivity contribution in [3.8, 4) is 0 Å². The first-order valence-electron chi connectivity index (χ1n) is 4.83. The molecule has 0 bridgehead atoms. The van der Waals surface area contributed by atoms with Crippen LogP contribution in [0.25, 0.3) is 0 Å². The fraction of sp³-hybridized carbons (Fsp3) is 0.0909. The van der Waals surface area contributed by atoms with Crippen LogP contribution in [0.15, 0.2) is 29.6 Å². The van der Waals surface area contributed by atoms with E-state index in [4.69, 9.17) is 5.73 Å². The van der Waals surface area contributed by atoms with Gasteiger partial charge in [0.1, 0.15) is 11.5 Å². The minimum absolute atomic E-state index is 0.212. The maximum absolute atomic E-state index is 13.5. The summed E-state index contributed by atoms with van der Waals surface area (Å²) in [4.78, 5) is 17.0. The molecule has 0 fully saturated rings. The van der Waals surface area contributed by atoms with Crippen molar-refractivity contribution in [2.45, 2.75) is 0 Å². The molecule has 2 N–H and O–H groups in total. The molecule has 6 heteroatoms. The number of para-hydroxylation sites is 1. The van der Waals surface area contributed by atoms with E-state index in [1.165, 1.54) is 35.4 Å². The van der Waals surface area contributed by atoms with Gasteiger partial charge in [-0.15, -0.1) is 11.3 Å². The van der Waals surface area contributed by atoms with Crippen LogP contribution in [0.5, 0.6) is 0 Å². The fourth-order valence-electron chi connectivity index (χ4n) is 1.39. The highest BCUT2D eigenvalue weighted by Gasteiger charge is 2.18. The van der Waals surface area contributed by atoms with E-state index in [1.54, 1.807) is 17.5 Å². The van der Waals surface area contributed by atoms with Crippen LogP contribution in [0, 0.1) is 5.82 Å². The highest BCUT2D eigenvalue weighted by molar-refractivity contribution is 7.13. The lowest BCUT2D eigenvalue weighted by molar-refractivity contribution is 0.0988. The first kappa shape index (κ1) is 11.5. The summed E-state index contributed by atoms with van der Waals surface area (Å²) in [6.45, 7) is 0. The maximum Gasteiger partial charge on any atom is 0.277 e. The summed E-state index contributed by atoms with van der Waals surface area (Å²) in [6, 6.07) is 6.06. The Kier molecular flexibility index (Phi) is 3.06. The van der Waals surface area contributed by atoms with Crippen LogP contribution in [-0.2, 0) is 0 Å². The molecule has 0 aliphatic rings. The predicted octanol–water partition coefficient (Wildman–Crippen LogP) is 2.14. The Morgan fingerprint density at radius 2 is 2.18 bits per heavy atom. The Morgan fingerprint density at radius 3 is 2.76 bits per heavy atom. The van der Waals surface area contributed by atoms with E-state index >= 15 is 0 Å². The topological polar surface area (TPSA) is 59.2 Å². The number of amides is 1. The molecule has 0 atom stereocenters. The minimum atomic E-state index is -0.452. The second-order valence-corrected chi connectivity index (χ2v) is 4.28. The lowest BCUT2D eigenvalue weighted by Crippen LogP contribution is -2.27. The molecule has 1 aromatic carbocycles. The summed E-state index contributed by atoms with van der Waals surface area (Å²) < 4.78 is 13.5. The van der Waals surface area contributed by atoms with E-state index in [9.17, 15) is 9.18 Å². The zero-order valence-corrected chi connectivity index (χ0v) is 9.87. The van der Waals surface area contributed by atoms with Crippen molar-refractivity contribution in [1.82, 2.24) is 4.98 Å². The molecule has 0 aliphatic heterocycles. The van der Waals surface area contributed by atoms with Gasteiger partial charge in [0.2, 0.25) is 0 Å². The molecule has 0 saturated heterocycles. The third-order valence-corrected chi connectivity index (χ3v) is 2.93. The van der Waals surface area contributed by atoms with Gasteiger partial charge >= 0.3 is 0 Å². The lowest BCUT2D eigenvalue weighted by Gasteiger charge is -2.16. The number of hydrogen-bond acceptors (Lipinski definition) is 4. The smallest absolute Gasteiger partial charge is 0.277 e. The van der Waals surface area contributed by atoms with Gasteiger partial charge < -0.3 is 10.6 Å². The summed E-state index contributed by atoms with van der Waals surface area (Å²) in [6.07, 6.45) is 0. The van der Waals surface area contributed by atoms with Crippen molar-refractivity contribution < 1.29 is 9.18 Å². The highest BCUT2D eigenvalue weighted by Crippen LogP contribution is 2.20. The van der Waals surface area contributed by atoms with Gasteiger partial charge in [0.05, 0.1) is 5.69 Å². The van der Waals surface area contributed by atoms with Crippen LogP contribution in [0.4, 0.5) is 15.2 Å². The largest absolute Gasteiger partial charge is 0.375 e. The molecular weight excluding hydrogens is 241 g/mol. The average Bonchev–Trinajstić information content (AvgIpc) is 2.75. The van der Waals surface area contributed by atoms with Gasteiger partial charge in [-0.05, 0) is 12.1 Å². The minimum Gasteiger partial charge on any atom is -0.375 e. The monoisotopic (exact) mass is 251 g/mol. The number of aromatic nitrogens is 1. The number of nitrogens with two attached hydrogens (primary N) is 1. The molecular formula is C11H10FN3OS. The number of anilines is 2. The molecule has 17 heavy (non-hydrogen) atoms. The number of hydrogen-bond donors (Lipinski definition) is 1. The zero-order valence-electron chi connectivity index (χ0n) is 9.05. The molecule has 88 valence electrons. The summed E-state index contributed by atoms with van der Waals surface area (Å²) in [5, 5.41) is 1.87. The van der Waals surface area contributed by atoms with Gasteiger partial charge in [-0.3, -0.25) is 4.79 Å². The van der Waals surface area contributed by atoms with Gasteiger partial charge in [0.25, 0.3) is 5.91 Å². The molecule has 1 amide bonds. The number of thiazole rings is 1. The number of benzene rings is 1. The molecule has 2 rings (SSSR count). The standard InChI is InChI=1S/C11H10FN3OS/c1-15(9-5-3-2-4-7(9)12)10(16)8-6-17-11(13)14-8/h2-6H,1H3,(H2,13,14). The van der Waals surface area contributed by atoms with Crippen LogP contribution >= 0.6 is 11.3 Å². The number of nitrogens with zero attached hydrogens (tertiary/aromatic N) is 2. The van der Waals surface area contributed by atoms with Crippen LogP contribution in [-0.4, -0.2) is 17.9 Å². The number of carbonyl (C=O) groups is 1. The van der Waals surface area contributed by atoms with Crippen molar-refractivity contribution in [2.75, 3.05) is 17.7 Å². The van der Waals surface area contributed by atoms with E-state index in [-0.39, 0.29) is 17.3 Å². The first-order chi connectivity index (χ1) is 8.09. The second-order valence-electron chi connectivity index (χ2n) is 3.39. The average molecular weight is 251 g/mol. The van der Waals surface area contributed by atoms with E-state index in [0.29, 0.717) is 5.13 Å². The Hall–Kier alpha value is -1.95. The van der Waals surface area contributed by atoms with Crippen LogP contribution in [0.2, 0.25) is 0 Å². The second kappa shape index (κ2) is 4.50. The molecule has 0 radical (unpaired) electrons. The molecule has 0 saturated carbocycles. The van der Waals surface area contributed by atoms with Crippen molar-refractivity contribution in [1.29, 1.82) is 0 Å². The Labute approximate surface area is 102 Å². The third-order valence-electron chi connectivity index (χ3n) is 2.26. The van der Waals surface area contributed by atoms with Gasteiger partial charge in [-0.1, -0.05) is 12.1 Å². The molecule has 0 unspecified atom stereocenters. The lowest BCUT2D eigenvalue weighted by atomic mass is 10.2. The maximum atomic E-state index is 13.5. The number of halogens is 1. The van der Waals surface area contributed by atoms with Crippen molar-refractivity contribution in [3.05, 3.63) is 41.2 Å². The summed E-state index contributed by atoms with van der Waals surface area (Å²) in [7, 11) is 1.50. The van der Waals surface area contributed by atoms with Crippen LogP contribution < -0.4 is 10.6 Å². The van der Waals surface area contributed by atoms with Gasteiger partial charge in [-0.2, -0.15) is 0 Å². The summed E-state index contributed by atoms with van der Waals surface area (Å²) in [5.41, 5.74) is 5.88. The Morgan fingerprint density at radius 1 is 1.47 bits per heavy atom. The normalized spacial score (nSPS) is 10.2. The van der Waals surface area contributed by atoms with Crippen LogP contribution in [0.1, 0.15) is 10.5 Å². The quantitative estimate of drug-likeness (QED) is 0.889. The fourth-order valence-corrected chi connectivity index (χ4v) is 1.93. The molecule has 1 heterocycles. The SMILES string of the molecule is CN(C(=O)c1csc(N)n1)c1ccccc1F. The first-order valence-corrected chi connectivity index (χ1v) is 5.71. The number of carbonyl (C=O) groups excluding carboxylic acids is 1. The molecule has 4 nitrogen and oxygen atoms in total. The van der Waals surface area contributed by atoms with Gasteiger partial charge in [0.15, 0.2) is 5.13 Å². The third kappa shape index (κ3) is 2.26. The van der Waals surface area contributed by atoms with E-state index in [2.05, 4.69) is 4.98 Å². The molecule has 0 spiro atoms. The van der Waals surface area contributed by atoms with Crippen molar-refractivity contribution in [2.24, 2.45) is 0 Å². The Balaban J connectivity index is 2.29. The van der Waals surface area contributed by atoms with Crippen molar-refractivity contribution in [3.63, 3.8) is 0 Å². The van der Waals surface area contributed by atoms with E-state index in [0.717, 1.165) is 0 Å². The zero-order chi connectivity index (χ0) is 12.4. The molecule has 1 aromatic heterocycles. The highest BCUT2D eigenvalue weighted by atomic mass is 32.1. The van der Waals surface area contributed by atoms with Crippen molar-refractivity contribution >= 4 is 28.1 Å². The van der Waals surface area contributed by atoms with Gasteiger partial charge in [-0.25, -0.2) is 9.37 Å². The summed E-state index contributed by atoms with van der Waals surface area (Å²) in [5.74, 6) is -0.838. The van der Waals surface area contributed by atoms with E-state index in [1.807, 2.05) is 0 Å². The predicted molar refractivity (Wildman–Crippen MR) is 65.7 cm³/mol. The number of rotatable bonds is 2. The summed E-state index contributed by atoms with van der Waals surface area (Å²) >= 11 is 1.17. The van der Waals surface area contributed by atoms with E-state index < -0.39 is 5.82 Å². The molecule has 0 aliphatic carbocycles. The number of nitrogen functional groups attached to an aromatic ring is 1. The molecule has 2 aromatic rings. The van der Waals surface area contributed by atoms with Gasteiger partial charge in [0, 0.05) is 12.4 Å². The Bertz CT molecular complexity index is 555. The van der Waals surface area contributed by atoms with Crippen LogP contribution in [0.3, 0.4) is 0 Å².